The quantitative estimate of drug-likeness (QED) is 0.136. The number of methoxy groups -OCH3 is 1. The molecule has 0 unspecified atom stereocenters. The number of nitro benzene ring substituents is 1. The number of nitrogens with zero attached hydrogens (tertiary/aromatic N) is 3. The summed E-state index contributed by atoms with van der Waals surface area (Å²) in [4.78, 5) is 44.0. The minimum absolute atomic E-state index is 0.156. The van der Waals surface area contributed by atoms with Crippen LogP contribution in [0, 0.1) is 10.1 Å². The first-order valence-electron chi connectivity index (χ1n) is 13.7. The molecule has 11 heteroatoms. The average Bonchev–Trinajstić information content (AvgIpc) is 3.64. The van der Waals surface area contributed by atoms with E-state index in [1.165, 1.54) is 17.7 Å². The zero-order chi connectivity index (χ0) is 30.8. The number of fused-ring (bicyclic) bond motifs is 1. The summed E-state index contributed by atoms with van der Waals surface area (Å²) < 4.78 is 18.4. The standard InChI is InChI=1S/C33H25N3O7S/c1-3-42-32(38)28-29(20-10-6-4-7-11-20)34-33-35(30(28)21-12-8-5-9-13-21)31(37)27(44-33)19-23-15-17-26(43-23)24-16-14-22(41-2)18-25(24)36(39)40/h4-19,30H,3H2,1-2H3/b27-19-/t30-/m0/s1. The van der Waals surface area contributed by atoms with Gasteiger partial charge in [-0.15, -0.1) is 0 Å². The Morgan fingerprint density at radius 3 is 2.48 bits per heavy atom. The highest BCUT2D eigenvalue weighted by atomic mass is 32.1. The fraction of sp³-hybridized carbons (Fsp3) is 0.121. The molecule has 10 nitrogen and oxygen atoms in total. The molecular weight excluding hydrogens is 582 g/mol. The van der Waals surface area contributed by atoms with Crippen molar-refractivity contribution in [1.29, 1.82) is 0 Å². The normalized spacial score (nSPS) is 14.6. The Balaban J connectivity index is 1.53. The molecule has 2 aromatic heterocycles. The second kappa shape index (κ2) is 12.0. The summed E-state index contributed by atoms with van der Waals surface area (Å²) in [6.07, 6.45) is 1.57. The SMILES string of the molecule is CCOC(=O)C1=C(c2ccccc2)N=c2s/c(=C\c3ccc(-c4ccc(OC)cc4[N+](=O)[O-])o3)c(=O)n2[C@H]1c1ccccc1. The van der Waals surface area contributed by atoms with E-state index in [-0.39, 0.29) is 34.8 Å². The third kappa shape index (κ3) is 5.25. The third-order valence-electron chi connectivity index (χ3n) is 7.06. The molecule has 0 N–H and O–H groups in total. The van der Waals surface area contributed by atoms with E-state index in [1.807, 2.05) is 60.7 Å². The number of carbonyl (C=O) groups is 1. The Morgan fingerprint density at radius 1 is 1.07 bits per heavy atom. The van der Waals surface area contributed by atoms with Gasteiger partial charge in [-0.25, -0.2) is 9.79 Å². The van der Waals surface area contributed by atoms with Gasteiger partial charge in [0.25, 0.3) is 11.2 Å². The monoisotopic (exact) mass is 607 g/mol. The van der Waals surface area contributed by atoms with Crippen LogP contribution in [-0.4, -0.2) is 29.2 Å². The van der Waals surface area contributed by atoms with E-state index in [4.69, 9.17) is 18.9 Å². The maximum absolute atomic E-state index is 14.0. The Kier molecular flexibility index (Phi) is 7.78. The number of hydrogen-bond acceptors (Lipinski definition) is 9. The van der Waals surface area contributed by atoms with Crippen molar-refractivity contribution in [2.45, 2.75) is 13.0 Å². The number of nitro groups is 1. The van der Waals surface area contributed by atoms with Crippen molar-refractivity contribution in [3.8, 4) is 17.1 Å². The van der Waals surface area contributed by atoms with Crippen molar-refractivity contribution in [2.75, 3.05) is 13.7 Å². The summed E-state index contributed by atoms with van der Waals surface area (Å²) in [5, 5.41) is 11.7. The molecule has 1 aliphatic heterocycles. The van der Waals surface area contributed by atoms with Crippen LogP contribution in [-0.2, 0) is 9.53 Å². The fourth-order valence-electron chi connectivity index (χ4n) is 5.09. The average molecular weight is 608 g/mol. The van der Waals surface area contributed by atoms with E-state index >= 15 is 0 Å². The summed E-state index contributed by atoms with van der Waals surface area (Å²) in [6, 6.07) is 25.5. The second-order valence-electron chi connectivity index (χ2n) is 9.68. The predicted molar refractivity (Wildman–Crippen MR) is 165 cm³/mol. The number of thiazole rings is 1. The number of rotatable bonds is 8. The molecule has 3 heterocycles. The van der Waals surface area contributed by atoms with Gasteiger partial charge in [-0.3, -0.25) is 19.5 Å². The minimum atomic E-state index is -0.794. The zero-order valence-corrected chi connectivity index (χ0v) is 24.4. The van der Waals surface area contributed by atoms with E-state index in [0.717, 1.165) is 16.9 Å². The van der Waals surface area contributed by atoms with Crippen molar-refractivity contribution in [1.82, 2.24) is 4.57 Å². The first-order valence-corrected chi connectivity index (χ1v) is 14.5. The summed E-state index contributed by atoms with van der Waals surface area (Å²) >= 11 is 1.16. The molecule has 1 atom stereocenters. The first-order chi connectivity index (χ1) is 21.4. The lowest BCUT2D eigenvalue weighted by atomic mass is 9.93. The molecule has 220 valence electrons. The van der Waals surface area contributed by atoms with Crippen LogP contribution >= 0.6 is 11.3 Å². The summed E-state index contributed by atoms with van der Waals surface area (Å²) in [6.45, 7) is 1.88. The number of esters is 1. The summed E-state index contributed by atoms with van der Waals surface area (Å²) in [5.41, 5.74) is 1.85. The van der Waals surface area contributed by atoms with Gasteiger partial charge in [-0.1, -0.05) is 72.0 Å². The largest absolute Gasteiger partial charge is 0.497 e. The van der Waals surface area contributed by atoms with Gasteiger partial charge < -0.3 is 13.9 Å². The van der Waals surface area contributed by atoms with Crippen LogP contribution in [0.15, 0.2) is 111 Å². The topological polar surface area (TPSA) is 126 Å². The number of carbonyl (C=O) groups excluding carboxylic acids is 1. The van der Waals surface area contributed by atoms with E-state index < -0.39 is 16.9 Å². The lowest BCUT2D eigenvalue weighted by Gasteiger charge is -2.25. The van der Waals surface area contributed by atoms with Crippen LogP contribution in [0.1, 0.15) is 29.9 Å². The number of aromatic nitrogens is 1. The third-order valence-corrected chi connectivity index (χ3v) is 8.04. The van der Waals surface area contributed by atoms with Crippen molar-refractivity contribution >= 4 is 34.8 Å². The number of ether oxygens (including phenoxy) is 2. The smallest absolute Gasteiger partial charge is 0.338 e. The van der Waals surface area contributed by atoms with Gasteiger partial charge in [0, 0.05) is 11.6 Å². The molecule has 0 saturated heterocycles. The van der Waals surface area contributed by atoms with Gasteiger partial charge in [0.1, 0.15) is 17.3 Å². The fourth-order valence-corrected chi connectivity index (χ4v) is 6.07. The van der Waals surface area contributed by atoms with E-state index in [1.54, 1.807) is 37.3 Å². The number of furan rings is 1. The molecular formula is C33H25N3O7S. The molecule has 0 amide bonds. The Labute approximate surface area is 254 Å². The molecule has 3 aromatic carbocycles. The molecule has 0 radical (unpaired) electrons. The lowest BCUT2D eigenvalue weighted by molar-refractivity contribution is -0.384. The second-order valence-corrected chi connectivity index (χ2v) is 10.7. The highest BCUT2D eigenvalue weighted by Crippen LogP contribution is 2.36. The van der Waals surface area contributed by atoms with Crippen molar-refractivity contribution in [2.24, 2.45) is 4.99 Å². The first kappa shape index (κ1) is 28.6. The van der Waals surface area contributed by atoms with Gasteiger partial charge in [-0.05, 0) is 36.8 Å². The van der Waals surface area contributed by atoms with Gasteiger partial charge in [-0.2, -0.15) is 0 Å². The number of hydrogen-bond donors (Lipinski definition) is 0. The van der Waals surface area contributed by atoms with Gasteiger partial charge in [0.15, 0.2) is 4.80 Å². The van der Waals surface area contributed by atoms with Gasteiger partial charge >= 0.3 is 5.97 Å². The number of benzene rings is 3. The van der Waals surface area contributed by atoms with Crippen molar-refractivity contribution in [3.05, 3.63) is 143 Å². The van der Waals surface area contributed by atoms with Crippen molar-refractivity contribution < 1.29 is 23.6 Å². The Bertz CT molecular complexity index is 2090. The maximum atomic E-state index is 14.0. The molecule has 0 bridgehead atoms. The lowest BCUT2D eigenvalue weighted by Crippen LogP contribution is -2.39. The molecule has 0 aliphatic carbocycles. The Hall–Kier alpha value is -5.55. The molecule has 0 saturated carbocycles. The molecule has 0 fully saturated rings. The van der Waals surface area contributed by atoms with Crippen LogP contribution < -0.4 is 19.6 Å². The van der Waals surface area contributed by atoms with Crippen molar-refractivity contribution in [3.63, 3.8) is 0 Å². The highest BCUT2D eigenvalue weighted by Gasteiger charge is 2.35. The maximum Gasteiger partial charge on any atom is 0.338 e. The summed E-state index contributed by atoms with van der Waals surface area (Å²) in [7, 11) is 1.43. The van der Waals surface area contributed by atoms with Crippen LogP contribution in [0.25, 0.3) is 23.1 Å². The van der Waals surface area contributed by atoms with Crippen LogP contribution in [0.5, 0.6) is 5.75 Å². The highest BCUT2D eigenvalue weighted by molar-refractivity contribution is 7.07. The Morgan fingerprint density at radius 2 is 1.80 bits per heavy atom. The molecule has 1 aliphatic rings. The molecule has 44 heavy (non-hydrogen) atoms. The summed E-state index contributed by atoms with van der Waals surface area (Å²) in [5.74, 6) is 0.365. The van der Waals surface area contributed by atoms with Gasteiger partial charge in [0.2, 0.25) is 0 Å². The predicted octanol–water partition coefficient (Wildman–Crippen LogP) is 5.11. The van der Waals surface area contributed by atoms with E-state index in [2.05, 4.69) is 0 Å². The van der Waals surface area contributed by atoms with Crippen LogP contribution in [0.3, 0.4) is 0 Å². The minimum Gasteiger partial charge on any atom is -0.497 e. The van der Waals surface area contributed by atoms with E-state index in [0.29, 0.717) is 32.1 Å². The zero-order valence-electron chi connectivity index (χ0n) is 23.6. The molecule has 5 aromatic rings. The van der Waals surface area contributed by atoms with Gasteiger partial charge in [0.05, 0.1) is 52.1 Å². The van der Waals surface area contributed by atoms with Crippen LogP contribution in [0.2, 0.25) is 0 Å². The van der Waals surface area contributed by atoms with Crippen LogP contribution in [0.4, 0.5) is 5.69 Å². The molecule has 0 spiro atoms. The van der Waals surface area contributed by atoms with E-state index in [9.17, 15) is 19.7 Å². The molecule has 6 rings (SSSR count).